The number of ketones is 1. The van der Waals surface area contributed by atoms with Gasteiger partial charge in [0.05, 0.1) is 0 Å². The first kappa shape index (κ1) is 8.41. The molecule has 0 radical (unpaired) electrons. The molecular formula is C9H12N2O2. The number of rotatable bonds is 1. The Morgan fingerprint density at radius 2 is 2.38 bits per heavy atom. The highest BCUT2D eigenvalue weighted by Gasteiger charge is 2.25. The largest absolute Gasteiger partial charge is 0.339 e. The molecule has 13 heavy (non-hydrogen) atoms. The summed E-state index contributed by atoms with van der Waals surface area (Å²) in [7, 11) is 0. The SMILES string of the molecule is Cc1noc(C2CCCC(=O)C2)n1. The fraction of sp³-hybridized carbons (Fsp3) is 0.667. The standard InChI is InChI=1S/C9H12N2O2/c1-6-10-9(13-11-6)7-3-2-4-8(12)5-7/h7H,2-5H2,1H3. The Morgan fingerprint density at radius 3 is 3.00 bits per heavy atom. The number of aromatic nitrogens is 2. The molecule has 0 aliphatic heterocycles. The minimum absolute atomic E-state index is 0.169. The number of hydrogen-bond acceptors (Lipinski definition) is 4. The van der Waals surface area contributed by atoms with E-state index < -0.39 is 0 Å². The minimum Gasteiger partial charge on any atom is -0.339 e. The van der Waals surface area contributed by atoms with Gasteiger partial charge in [-0.15, -0.1) is 0 Å². The lowest BCUT2D eigenvalue weighted by atomic mass is 9.88. The van der Waals surface area contributed by atoms with Gasteiger partial charge in [0, 0.05) is 18.8 Å². The maximum atomic E-state index is 11.2. The zero-order chi connectivity index (χ0) is 9.26. The molecule has 1 unspecified atom stereocenters. The fourth-order valence-electron chi connectivity index (χ4n) is 1.71. The van der Waals surface area contributed by atoms with E-state index in [4.69, 9.17) is 4.52 Å². The van der Waals surface area contributed by atoms with E-state index in [9.17, 15) is 4.79 Å². The molecule has 1 atom stereocenters. The van der Waals surface area contributed by atoms with Crippen molar-refractivity contribution < 1.29 is 9.32 Å². The highest BCUT2D eigenvalue weighted by Crippen LogP contribution is 2.29. The molecule has 0 bridgehead atoms. The van der Waals surface area contributed by atoms with Gasteiger partial charge in [-0.3, -0.25) is 4.79 Å². The molecule has 0 aromatic carbocycles. The first-order chi connectivity index (χ1) is 6.25. The molecule has 1 aliphatic rings. The highest BCUT2D eigenvalue weighted by atomic mass is 16.5. The molecule has 2 rings (SSSR count). The Hall–Kier alpha value is -1.19. The zero-order valence-corrected chi connectivity index (χ0v) is 7.62. The van der Waals surface area contributed by atoms with E-state index >= 15 is 0 Å². The average Bonchev–Trinajstić information content (AvgIpc) is 2.52. The van der Waals surface area contributed by atoms with Gasteiger partial charge in [-0.25, -0.2) is 0 Å². The average molecular weight is 180 g/mol. The monoisotopic (exact) mass is 180 g/mol. The van der Waals surface area contributed by atoms with Gasteiger partial charge >= 0.3 is 0 Å². The van der Waals surface area contributed by atoms with Crippen molar-refractivity contribution in [3.63, 3.8) is 0 Å². The van der Waals surface area contributed by atoms with Gasteiger partial charge in [-0.2, -0.15) is 4.98 Å². The second-order valence-corrected chi connectivity index (χ2v) is 3.51. The number of carbonyl (C=O) groups is 1. The third kappa shape index (κ3) is 1.76. The van der Waals surface area contributed by atoms with Crippen LogP contribution in [0.25, 0.3) is 0 Å². The molecule has 0 N–H and O–H groups in total. The molecule has 1 saturated carbocycles. The fourth-order valence-corrected chi connectivity index (χ4v) is 1.71. The van der Waals surface area contributed by atoms with Crippen LogP contribution in [-0.4, -0.2) is 15.9 Å². The number of carbonyl (C=O) groups excluding carboxylic acids is 1. The van der Waals surface area contributed by atoms with Crippen LogP contribution in [0.15, 0.2) is 4.52 Å². The Labute approximate surface area is 76.3 Å². The molecular weight excluding hydrogens is 168 g/mol. The van der Waals surface area contributed by atoms with Crippen molar-refractivity contribution in [1.82, 2.24) is 10.1 Å². The van der Waals surface area contributed by atoms with Crippen molar-refractivity contribution in [2.24, 2.45) is 0 Å². The van der Waals surface area contributed by atoms with Crippen LogP contribution in [0.3, 0.4) is 0 Å². The summed E-state index contributed by atoms with van der Waals surface area (Å²) >= 11 is 0. The van der Waals surface area contributed by atoms with Crippen LogP contribution in [0.5, 0.6) is 0 Å². The van der Waals surface area contributed by atoms with Gasteiger partial charge < -0.3 is 4.52 Å². The maximum Gasteiger partial charge on any atom is 0.230 e. The van der Waals surface area contributed by atoms with Crippen LogP contribution in [0.4, 0.5) is 0 Å². The molecule has 1 aromatic heterocycles. The number of hydrogen-bond donors (Lipinski definition) is 0. The lowest BCUT2D eigenvalue weighted by Gasteiger charge is -2.16. The quantitative estimate of drug-likeness (QED) is 0.658. The van der Waals surface area contributed by atoms with Gasteiger partial charge in [-0.1, -0.05) is 5.16 Å². The molecule has 4 nitrogen and oxygen atoms in total. The first-order valence-electron chi connectivity index (χ1n) is 4.57. The molecule has 4 heteroatoms. The molecule has 1 aromatic rings. The summed E-state index contributed by atoms with van der Waals surface area (Å²) in [5, 5.41) is 3.72. The maximum absolute atomic E-state index is 11.2. The van der Waals surface area contributed by atoms with Gasteiger partial charge in [0.2, 0.25) is 5.89 Å². The molecule has 0 spiro atoms. The summed E-state index contributed by atoms with van der Waals surface area (Å²) < 4.78 is 5.04. The third-order valence-corrected chi connectivity index (χ3v) is 2.37. The van der Waals surface area contributed by atoms with Crippen molar-refractivity contribution in [3.05, 3.63) is 11.7 Å². The van der Waals surface area contributed by atoms with Crippen molar-refractivity contribution in [3.8, 4) is 0 Å². The summed E-state index contributed by atoms with van der Waals surface area (Å²) in [6.45, 7) is 1.79. The Balaban J connectivity index is 2.12. The second-order valence-electron chi connectivity index (χ2n) is 3.51. The first-order valence-corrected chi connectivity index (χ1v) is 4.57. The van der Waals surface area contributed by atoms with Crippen LogP contribution < -0.4 is 0 Å². The Morgan fingerprint density at radius 1 is 1.54 bits per heavy atom. The smallest absolute Gasteiger partial charge is 0.230 e. The number of aryl methyl sites for hydroxylation is 1. The lowest BCUT2D eigenvalue weighted by molar-refractivity contribution is -0.120. The predicted octanol–water partition coefficient (Wildman–Crippen LogP) is 1.60. The summed E-state index contributed by atoms with van der Waals surface area (Å²) in [5.41, 5.74) is 0. The van der Waals surface area contributed by atoms with Crippen LogP contribution in [-0.2, 0) is 4.79 Å². The van der Waals surface area contributed by atoms with E-state index in [1.165, 1.54) is 0 Å². The molecule has 1 aliphatic carbocycles. The topological polar surface area (TPSA) is 56.0 Å². The van der Waals surface area contributed by atoms with Crippen LogP contribution in [0.1, 0.15) is 43.3 Å². The molecule has 0 amide bonds. The zero-order valence-electron chi connectivity index (χ0n) is 7.62. The third-order valence-electron chi connectivity index (χ3n) is 2.37. The molecule has 70 valence electrons. The second kappa shape index (κ2) is 3.28. The number of nitrogens with zero attached hydrogens (tertiary/aromatic N) is 2. The summed E-state index contributed by atoms with van der Waals surface area (Å²) in [5.74, 6) is 1.76. The van der Waals surface area contributed by atoms with E-state index in [0.29, 0.717) is 30.3 Å². The number of Topliss-reactive ketones (excluding diaryl/α,β-unsaturated/α-hetero) is 1. The summed E-state index contributed by atoms with van der Waals surface area (Å²) in [6, 6.07) is 0. The van der Waals surface area contributed by atoms with Crippen molar-refractivity contribution in [2.45, 2.75) is 38.5 Å². The van der Waals surface area contributed by atoms with Crippen molar-refractivity contribution in [1.29, 1.82) is 0 Å². The normalized spacial score (nSPS) is 23.5. The molecule has 1 heterocycles. The Bertz CT molecular complexity index is 319. The summed E-state index contributed by atoms with van der Waals surface area (Å²) in [4.78, 5) is 15.3. The van der Waals surface area contributed by atoms with Crippen molar-refractivity contribution in [2.75, 3.05) is 0 Å². The van der Waals surface area contributed by atoms with Crippen LogP contribution in [0, 0.1) is 6.92 Å². The Kier molecular flexibility index (Phi) is 2.12. The van der Waals surface area contributed by atoms with E-state index in [0.717, 1.165) is 12.8 Å². The minimum atomic E-state index is 0.169. The lowest BCUT2D eigenvalue weighted by Crippen LogP contribution is -2.13. The van der Waals surface area contributed by atoms with E-state index in [1.807, 2.05) is 0 Å². The molecule has 1 fully saturated rings. The predicted molar refractivity (Wildman–Crippen MR) is 45.3 cm³/mol. The van der Waals surface area contributed by atoms with Gasteiger partial charge in [0.25, 0.3) is 0 Å². The summed E-state index contributed by atoms with van der Waals surface area (Å²) in [6.07, 6.45) is 3.23. The van der Waals surface area contributed by atoms with Gasteiger partial charge in [0.15, 0.2) is 5.82 Å². The van der Waals surface area contributed by atoms with E-state index in [1.54, 1.807) is 6.92 Å². The van der Waals surface area contributed by atoms with Crippen molar-refractivity contribution >= 4 is 5.78 Å². The van der Waals surface area contributed by atoms with Crippen LogP contribution in [0.2, 0.25) is 0 Å². The van der Waals surface area contributed by atoms with E-state index in [-0.39, 0.29) is 5.92 Å². The highest BCUT2D eigenvalue weighted by molar-refractivity contribution is 5.79. The van der Waals surface area contributed by atoms with Gasteiger partial charge in [0.1, 0.15) is 5.78 Å². The van der Waals surface area contributed by atoms with Crippen LogP contribution >= 0.6 is 0 Å². The van der Waals surface area contributed by atoms with Gasteiger partial charge in [-0.05, 0) is 19.8 Å². The molecule has 0 saturated heterocycles. The van der Waals surface area contributed by atoms with E-state index in [2.05, 4.69) is 10.1 Å².